The van der Waals surface area contributed by atoms with E-state index in [1.807, 2.05) is 0 Å². The maximum Gasteiger partial charge on any atom is 0.0218 e. The summed E-state index contributed by atoms with van der Waals surface area (Å²) >= 11 is 0. The Morgan fingerprint density at radius 3 is 2.44 bits per heavy atom. The second-order valence-electron chi connectivity index (χ2n) is 6.38. The minimum Gasteiger partial charge on any atom is -0.329 e. The van der Waals surface area contributed by atoms with Crippen LogP contribution in [0.1, 0.15) is 65.7 Å². The van der Waals surface area contributed by atoms with Crippen molar-refractivity contribution < 1.29 is 0 Å². The number of nitrogens with two attached hydrogens (primary N) is 1. The van der Waals surface area contributed by atoms with Gasteiger partial charge in [0.2, 0.25) is 0 Å². The minimum absolute atomic E-state index is 0.648. The van der Waals surface area contributed by atoms with Crippen molar-refractivity contribution in [3.8, 4) is 0 Å². The molecule has 0 aromatic rings. The Bertz CT molecular complexity index is 203. The number of unbranched alkanes of at least 4 members (excludes halogenated alkanes) is 4. The first-order valence-corrected chi connectivity index (χ1v) is 8.13. The Labute approximate surface area is 114 Å². The van der Waals surface area contributed by atoms with Gasteiger partial charge in [0.1, 0.15) is 0 Å². The molecule has 1 aliphatic rings. The van der Waals surface area contributed by atoms with Crippen molar-refractivity contribution >= 4 is 0 Å². The average Bonchev–Trinajstić information content (AvgIpc) is 2.83. The van der Waals surface area contributed by atoms with Crippen LogP contribution >= 0.6 is 0 Å². The summed E-state index contributed by atoms with van der Waals surface area (Å²) in [6.07, 6.45) is 9.59. The van der Waals surface area contributed by atoms with Crippen LogP contribution < -0.4 is 5.73 Å². The summed E-state index contributed by atoms with van der Waals surface area (Å²) in [5, 5.41) is 0. The van der Waals surface area contributed by atoms with Crippen LogP contribution in [0, 0.1) is 11.8 Å². The first-order chi connectivity index (χ1) is 8.69. The first-order valence-electron chi connectivity index (χ1n) is 8.13. The SMILES string of the molecule is CCCCCCCC(CN)N1CCC(C(C)C)C1. The lowest BCUT2D eigenvalue weighted by molar-refractivity contribution is 0.215. The maximum absolute atomic E-state index is 5.97. The Hall–Kier alpha value is -0.0800. The average molecular weight is 254 g/mol. The predicted molar refractivity (Wildman–Crippen MR) is 80.7 cm³/mol. The molecule has 0 bridgehead atoms. The van der Waals surface area contributed by atoms with Crippen molar-refractivity contribution in [1.82, 2.24) is 4.90 Å². The molecule has 0 saturated carbocycles. The lowest BCUT2D eigenvalue weighted by Gasteiger charge is -2.27. The van der Waals surface area contributed by atoms with Gasteiger partial charge < -0.3 is 5.73 Å². The number of likely N-dealkylation sites (tertiary alicyclic amines) is 1. The number of rotatable bonds is 9. The molecular formula is C16H34N2. The normalized spacial score (nSPS) is 22.8. The van der Waals surface area contributed by atoms with Gasteiger partial charge in [-0.05, 0) is 31.2 Å². The number of nitrogens with zero attached hydrogens (tertiary/aromatic N) is 1. The highest BCUT2D eigenvalue weighted by atomic mass is 15.2. The molecule has 2 atom stereocenters. The molecular weight excluding hydrogens is 220 g/mol. The summed E-state index contributed by atoms with van der Waals surface area (Å²) in [5.41, 5.74) is 5.97. The zero-order chi connectivity index (χ0) is 13.4. The lowest BCUT2D eigenvalue weighted by Crippen LogP contribution is -2.39. The molecule has 1 fully saturated rings. The van der Waals surface area contributed by atoms with Gasteiger partial charge in [-0.3, -0.25) is 4.90 Å². The van der Waals surface area contributed by atoms with E-state index in [0.717, 1.165) is 18.4 Å². The van der Waals surface area contributed by atoms with Crippen LogP contribution in [0.25, 0.3) is 0 Å². The molecule has 0 aliphatic carbocycles. The second kappa shape index (κ2) is 8.92. The molecule has 1 heterocycles. The molecule has 2 heteroatoms. The van der Waals surface area contributed by atoms with Crippen molar-refractivity contribution in [3.63, 3.8) is 0 Å². The van der Waals surface area contributed by atoms with Gasteiger partial charge in [0, 0.05) is 19.1 Å². The number of hydrogen-bond acceptors (Lipinski definition) is 2. The van der Waals surface area contributed by atoms with E-state index < -0.39 is 0 Å². The molecule has 2 nitrogen and oxygen atoms in total. The monoisotopic (exact) mass is 254 g/mol. The van der Waals surface area contributed by atoms with E-state index in [-0.39, 0.29) is 0 Å². The molecule has 18 heavy (non-hydrogen) atoms. The van der Waals surface area contributed by atoms with E-state index in [1.165, 1.54) is 58.0 Å². The Morgan fingerprint density at radius 2 is 1.89 bits per heavy atom. The Morgan fingerprint density at radius 1 is 1.17 bits per heavy atom. The molecule has 0 spiro atoms. The fraction of sp³-hybridized carbons (Fsp3) is 1.00. The van der Waals surface area contributed by atoms with E-state index in [2.05, 4.69) is 25.7 Å². The van der Waals surface area contributed by atoms with Crippen LogP contribution in [0.15, 0.2) is 0 Å². The largest absolute Gasteiger partial charge is 0.329 e. The summed E-state index contributed by atoms with van der Waals surface area (Å²) in [4.78, 5) is 2.66. The van der Waals surface area contributed by atoms with Crippen molar-refractivity contribution in [2.75, 3.05) is 19.6 Å². The lowest BCUT2D eigenvalue weighted by atomic mass is 9.95. The molecule has 108 valence electrons. The summed E-state index contributed by atoms with van der Waals surface area (Å²) in [7, 11) is 0. The molecule has 1 rings (SSSR count). The van der Waals surface area contributed by atoms with E-state index >= 15 is 0 Å². The smallest absolute Gasteiger partial charge is 0.0218 e. The van der Waals surface area contributed by atoms with Gasteiger partial charge >= 0.3 is 0 Å². The fourth-order valence-electron chi connectivity index (χ4n) is 3.12. The van der Waals surface area contributed by atoms with Crippen LogP contribution in [0.3, 0.4) is 0 Å². The highest BCUT2D eigenvalue weighted by Crippen LogP contribution is 2.26. The Balaban J connectivity index is 2.21. The van der Waals surface area contributed by atoms with Crippen LogP contribution in [-0.4, -0.2) is 30.6 Å². The van der Waals surface area contributed by atoms with Gasteiger partial charge in [0.25, 0.3) is 0 Å². The molecule has 0 aromatic carbocycles. The predicted octanol–water partition coefficient (Wildman–Crippen LogP) is 3.65. The van der Waals surface area contributed by atoms with Gasteiger partial charge in [-0.15, -0.1) is 0 Å². The zero-order valence-corrected chi connectivity index (χ0v) is 12.8. The van der Waals surface area contributed by atoms with Crippen LogP contribution in [0.4, 0.5) is 0 Å². The molecule has 0 radical (unpaired) electrons. The van der Waals surface area contributed by atoms with Gasteiger partial charge in [0.15, 0.2) is 0 Å². The topological polar surface area (TPSA) is 29.3 Å². The quantitative estimate of drug-likeness (QED) is 0.636. The number of hydrogen-bond donors (Lipinski definition) is 1. The van der Waals surface area contributed by atoms with E-state index in [0.29, 0.717) is 6.04 Å². The second-order valence-corrected chi connectivity index (χ2v) is 6.38. The minimum atomic E-state index is 0.648. The maximum atomic E-state index is 5.97. The third-order valence-corrected chi connectivity index (χ3v) is 4.63. The third kappa shape index (κ3) is 5.27. The standard InChI is InChI=1S/C16H34N2/c1-4-5-6-7-8-9-16(12-17)18-11-10-15(13-18)14(2)3/h14-16H,4-13,17H2,1-3H3. The summed E-state index contributed by atoms with van der Waals surface area (Å²) < 4.78 is 0. The van der Waals surface area contributed by atoms with E-state index in [4.69, 9.17) is 5.73 Å². The third-order valence-electron chi connectivity index (χ3n) is 4.63. The molecule has 1 aliphatic heterocycles. The molecule has 2 N–H and O–H groups in total. The first kappa shape index (κ1) is 16.0. The highest BCUT2D eigenvalue weighted by Gasteiger charge is 2.28. The van der Waals surface area contributed by atoms with Gasteiger partial charge in [0.05, 0.1) is 0 Å². The van der Waals surface area contributed by atoms with E-state index in [1.54, 1.807) is 0 Å². The molecule has 2 unspecified atom stereocenters. The van der Waals surface area contributed by atoms with Gasteiger partial charge in [-0.2, -0.15) is 0 Å². The summed E-state index contributed by atoms with van der Waals surface area (Å²) in [6, 6.07) is 0.648. The molecule has 0 amide bonds. The van der Waals surface area contributed by atoms with Crippen molar-refractivity contribution in [2.24, 2.45) is 17.6 Å². The molecule has 1 saturated heterocycles. The summed E-state index contributed by atoms with van der Waals surface area (Å²) in [5.74, 6) is 1.73. The molecule has 0 aromatic heterocycles. The fourth-order valence-corrected chi connectivity index (χ4v) is 3.12. The van der Waals surface area contributed by atoms with Crippen LogP contribution in [0.5, 0.6) is 0 Å². The van der Waals surface area contributed by atoms with Crippen molar-refractivity contribution in [3.05, 3.63) is 0 Å². The van der Waals surface area contributed by atoms with Crippen LogP contribution in [-0.2, 0) is 0 Å². The summed E-state index contributed by atoms with van der Waals surface area (Å²) in [6.45, 7) is 10.4. The highest BCUT2D eigenvalue weighted by molar-refractivity contribution is 4.83. The van der Waals surface area contributed by atoms with E-state index in [9.17, 15) is 0 Å². The Kier molecular flexibility index (Phi) is 7.92. The van der Waals surface area contributed by atoms with Gasteiger partial charge in [-0.1, -0.05) is 52.9 Å². The van der Waals surface area contributed by atoms with Crippen molar-refractivity contribution in [2.45, 2.75) is 71.8 Å². The van der Waals surface area contributed by atoms with Gasteiger partial charge in [-0.25, -0.2) is 0 Å². The van der Waals surface area contributed by atoms with Crippen LogP contribution in [0.2, 0.25) is 0 Å². The van der Waals surface area contributed by atoms with Crippen molar-refractivity contribution in [1.29, 1.82) is 0 Å². The zero-order valence-electron chi connectivity index (χ0n) is 12.8.